The smallest absolute Gasteiger partial charge is 0.338 e. The SMILES string of the molecule is CCOC(=O)C1=C(COC(=O)CSc2cc(C)ccc2C)NC(=O)N[C@H]1CC. The molecule has 0 saturated heterocycles. The van der Waals surface area contributed by atoms with Crippen LogP contribution in [0, 0.1) is 13.8 Å². The molecule has 1 aromatic rings. The summed E-state index contributed by atoms with van der Waals surface area (Å²) < 4.78 is 10.4. The average Bonchev–Trinajstić information content (AvgIpc) is 2.66. The number of benzene rings is 1. The molecular weight excluding hydrogens is 380 g/mol. The van der Waals surface area contributed by atoms with Crippen molar-refractivity contribution in [3.8, 4) is 0 Å². The lowest BCUT2D eigenvalue weighted by Gasteiger charge is -2.28. The lowest BCUT2D eigenvalue weighted by molar-refractivity contribution is -0.141. The van der Waals surface area contributed by atoms with Crippen LogP contribution in [-0.4, -0.2) is 43.0 Å². The Morgan fingerprint density at radius 1 is 1.18 bits per heavy atom. The van der Waals surface area contributed by atoms with Crippen LogP contribution >= 0.6 is 11.8 Å². The van der Waals surface area contributed by atoms with Crippen LogP contribution in [0.5, 0.6) is 0 Å². The monoisotopic (exact) mass is 406 g/mol. The van der Waals surface area contributed by atoms with E-state index >= 15 is 0 Å². The van der Waals surface area contributed by atoms with E-state index in [1.807, 2.05) is 39.0 Å². The molecule has 0 spiro atoms. The van der Waals surface area contributed by atoms with E-state index in [1.165, 1.54) is 11.8 Å². The highest BCUT2D eigenvalue weighted by atomic mass is 32.2. The van der Waals surface area contributed by atoms with Gasteiger partial charge in [-0.25, -0.2) is 9.59 Å². The molecule has 1 aliphatic rings. The quantitative estimate of drug-likeness (QED) is 0.509. The fourth-order valence-electron chi connectivity index (χ4n) is 2.77. The summed E-state index contributed by atoms with van der Waals surface area (Å²) in [5, 5.41) is 5.24. The Morgan fingerprint density at radius 3 is 2.61 bits per heavy atom. The molecule has 2 amide bonds. The van der Waals surface area contributed by atoms with Gasteiger partial charge in [0.25, 0.3) is 0 Å². The summed E-state index contributed by atoms with van der Waals surface area (Å²) in [7, 11) is 0. The molecule has 0 fully saturated rings. The number of hydrogen-bond donors (Lipinski definition) is 2. The van der Waals surface area contributed by atoms with E-state index in [2.05, 4.69) is 10.6 Å². The summed E-state index contributed by atoms with van der Waals surface area (Å²) in [6, 6.07) is 5.13. The zero-order chi connectivity index (χ0) is 20.7. The highest BCUT2D eigenvalue weighted by molar-refractivity contribution is 8.00. The number of thioether (sulfide) groups is 1. The maximum atomic E-state index is 12.3. The van der Waals surface area contributed by atoms with Crippen molar-refractivity contribution < 1.29 is 23.9 Å². The molecule has 8 heteroatoms. The number of urea groups is 1. The largest absolute Gasteiger partial charge is 0.463 e. The number of carbonyl (C=O) groups excluding carboxylic acids is 3. The van der Waals surface area contributed by atoms with Gasteiger partial charge in [0.1, 0.15) is 6.61 Å². The molecular formula is C20H26N2O5S. The van der Waals surface area contributed by atoms with Gasteiger partial charge >= 0.3 is 18.0 Å². The lowest BCUT2D eigenvalue weighted by Crippen LogP contribution is -2.51. The molecule has 2 N–H and O–H groups in total. The highest BCUT2D eigenvalue weighted by Crippen LogP contribution is 2.24. The summed E-state index contributed by atoms with van der Waals surface area (Å²) in [4.78, 5) is 37.3. The second-order valence-corrected chi connectivity index (χ2v) is 7.41. The topological polar surface area (TPSA) is 93.7 Å². The highest BCUT2D eigenvalue weighted by Gasteiger charge is 2.31. The normalized spacial score (nSPS) is 16.3. The van der Waals surface area contributed by atoms with Gasteiger partial charge in [-0.2, -0.15) is 0 Å². The first kappa shape index (κ1) is 21.8. The van der Waals surface area contributed by atoms with Crippen molar-refractivity contribution in [2.75, 3.05) is 19.0 Å². The van der Waals surface area contributed by atoms with Crippen molar-refractivity contribution in [1.29, 1.82) is 0 Å². The first-order valence-corrected chi connectivity index (χ1v) is 10.2. The van der Waals surface area contributed by atoms with E-state index < -0.39 is 24.0 Å². The number of nitrogens with one attached hydrogen (secondary N) is 2. The molecule has 1 heterocycles. The molecule has 1 aliphatic heterocycles. The van der Waals surface area contributed by atoms with Crippen molar-refractivity contribution in [3.05, 3.63) is 40.6 Å². The summed E-state index contributed by atoms with van der Waals surface area (Å²) in [5.41, 5.74) is 2.76. The molecule has 1 atom stereocenters. The predicted molar refractivity (Wildman–Crippen MR) is 107 cm³/mol. The number of rotatable bonds is 8. The number of amides is 2. The number of esters is 2. The Morgan fingerprint density at radius 2 is 1.93 bits per heavy atom. The number of hydrogen-bond acceptors (Lipinski definition) is 6. The molecule has 0 saturated carbocycles. The second-order valence-electron chi connectivity index (χ2n) is 6.39. The Hall–Kier alpha value is -2.48. The van der Waals surface area contributed by atoms with Crippen LogP contribution in [0.15, 0.2) is 34.4 Å². The molecule has 2 rings (SSSR count). The first-order chi connectivity index (χ1) is 13.3. The van der Waals surface area contributed by atoms with Crippen molar-refractivity contribution in [1.82, 2.24) is 10.6 Å². The summed E-state index contributed by atoms with van der Waals surface area (Å²) >= 11 is 1.39. The summed E-state index contributed by atoms with van der Waals surface area (Å²) in [6.45, 7) is 7.56. The Labute approximate surface area is 169 Å². The summed E-state index contributed by atoms with van der Waals surface area (Å²) in [5.74, 6) is -0.824. The van der Waals surface area contributed by atoms with Gasteiger partial charge in [0.2, 0.25) is 0 Å². The number of aryl methyl sites for hydroxylation is 2. The van der Waals surface area contributed by atoms with Crippen molar-refractivity contribution in [2.24, 2.45) is 0 Å². The van der Waals surface area contributed by atoms with Gasteiger partial charge < -0.3 is 20.1 Å². The van der Waals surface area contributed by atoms with E-state index in [4.69, 9.17) is 9.47 Å². The van der Waals surface area contributed by atoms with Crippen LogP contribution < -0.4 is 10.6 Å². The average molecular weight is 407 g/mol. The Kier molecular flexibility index (Phi) is 7.92. The van der Waals surface area contributed by atoms with Crippen LogP contribution in [0.3, 0.4) is 0 Å². The molecule has 0 bridgehead atoms. The van der Waals surface area contributed by atoms with E-state index in [0.717, 1.165) is 16.0 Å². The molecule has 0 aromatic heterocycles. The van der Waals surface area contributed by atoms with Gasteiger partial charge in [-0.15, -0.1) is 11.8 Å². The van der Waals surface area contributed by atoms with Gasteiger partial charge in [-0.3, -0.25) is 4.79 Å². The molecule has 0 radical (unpaired) electrons. The van der Waals surface area contributed by atoms with Gasteiger partial charge in [0.05, 0.1) is 29.7 Å². The second kappa shape index (κ2) is 10.2. The maximum absolute atomic E-state index is 12.3. The number of carbonyl (C=O) groups is 3. The summed E-state index contributed by atoms with van der Waals surface area (Å²) in [6.07, 6.45) is 0.515. The standard InChI is InChI=1S/C20H26N2O5S/c1-5-14-18(19(24)26-6-2)15(22-20(25)21-14)10-27-17(23)11-28-16-9-12(3)7-8-13(16)4/h7-9,14H,5-6,10-11H2,1-4H3,(H2,21,22,25)/t14-/m0/s1. The molecule has 152 valence electrons. The van der Waals surface area contributed by atoms with Crippen LogP contribution in [0.4, 0.5) is 4.79 Å². The maximum Gasteiger partial charge on any atom is 0.338 e. The first-order valence-electron chi connectivity index (χ1n) is 9.19. The van der Waals surface area contributed by atoms with Crippen LogP contribution in [0.2, 0.25) is 0 Å². The fraction of sp³-hybridized carbons (Fsp3) is 0.450. The van der Waals surface area contributed by atoms with Crippen LogP contribution in [0.25, 0.3) is 0 Å². The van der Waals surface area contributed by atoms with Crippen molar-refractivity contribution in [2.45, 2.75) is 45.1 Å². The van der Waals surface area contributed by atoms with Crippen molar-refractivity contribution >= 4 is 29.7 Å². The van der Waals surface area contributed by atoms with E-state index in [1.54, 1.807) is 6.92 Å². The lowest BCUT2D eigenvalue weighted by atomic mass is 10.0. The van der Waals surface area contributed by atoms with Gasteiger partial charge in [-0.1, -0.05) is 24.6 Å². The van der Waals surface area contributed by atoms with Crippen molar-refractivity contribution in [3.63, 3.8) is 0 Å². The van der Waals surface area contributed by atoms with Crippen LogP contribution in [0.1, 0.15) is 31.4 Å². The molecule has 1 aromatic carbocycles. The van der Waals surface area contributed by atoms with Gasteiger partial charge in [0.15, 0.2) is 0 Å². The minimum Gasteiger partial charge on any atom is -0.463 e. The molecule has 28 heavy (non-hydrogen) atoms. The Balaban J connectivity index is 2.04. The van der Waals surface area contributed by atoms with E-state index in [9.17, 15) is 14.4 Å². The third-order valence-electron chi connectivity index (χ3n) is 4.21. The molecule has 0 unspecified atom stereocenters. The Bertz CT molecular complexity index is 791. The third-order valence-corrected chi connectivity index (χ3v) is 5.34. The van der Waals surface area contributed by atoms with Crippen LogP contribution in [-0.2, 0) is 19.1 Å². The van der Waals surface area contributed by atoms with E-state index in [-0.39, 0.29) is 24.7 Å². The molecule has 7 nitrogen and oxygen atoms in total. The van der Waals surface area contributed by atoms with E-state index in [0.29, 0.717) is 12.0 Å². The van der Waals surface area contributed by atoms with Gasteiger partial charge in [0, 0.05) is 4.90 Å². The number of ether oxygens (including phenoxy) is 2. The zero-order valence-corrected chi connectivity index (χ0v) is 17.4. The van der Waals surface area contributed by atoms with Gasteiger partial charge in [-0.05, 0) is 38.8 Å². The minimum atomic E-state index is -0.530. The fourth-order valence-corrected chi connectivity index (χ4v) is 3.69. The minimum absolute atomic E-state index is 0.135. The zero-order valence-electron chi connectivity index (χ0n) is 16.6. The molecule has 0 aliphatic carbocycles. The predicted octanol–water partition coefficient (Wildman–Crippen LogP) is 2.85. The third kappa shape index (κ3) is 5.76.